The number of carbonyl (C=O) groups is 1. The predicted molar refractivity (Wildman–Crippen MR) is 84.1 cm³/mol. The van der Waals surface area contributed by atoms with Crippen molar-refractivity contribution < 1.29 is 4.79 Å². The summed E-state index contributed by atoms with van der Waals surface area (Å²) in [6.45, 7) is 4.52. The highest BCUT2D eigenvalue weighted by atomic mass is 32.2. The molecule has 0 bridgehead atoms. The Kier molecular flexibility index (Phi) is 6.40. The SMILES string of the molecule is CCSc1cccc(N(C)CC(C)C(=O)NC)c1C#N. The Bertz CT molecular complexity index is 510. The first-order valence-electron chi connectivity index (χ1n) is 6.63. The summed E-state index contributed by atoms with van der Waals surface area (Å²) in [5.41, 5.74) is 1.56. The van der Waals surface area contributed by atoms with E-state index in [1.165, 1.54) is 0 Å². The second-order valence-corrected chi connectivity index (χ2v) is 5.90. The van der Waals surface area contributed by atoms with E-state index >= 15 is 0 Å². The van der Waals surface area contributed by atoms with Gasteiger partial charge in [-0.1, -0.05) is 19.9 Å². The highest BCUT2D eigenvalue weighted by Gasteiger charge is 2.17. The summed E-state index contributed by atoms with van der Waals surface area (Å²) in [7, 11) is 3.55. The van der Waals surface area contributed by atoms with E-state index in [2.05, 4.69) is 18.3 Å². The lowest BCUT2D eigenvalue weighted by Crippen LogP contribution is -2.34. The van der Waals surface area contributed by atoms with Gasteiger partial charge in [-0.3, -0.25) is 4.79 Å². The molecule has 5 heteroatoms. The third-order valence-electron chi connectivity index (χ3n) is 3.07. The van der Waals surface area contributed by atoms with E-state index in [0.29, 0.717) is 12.1 Å². The fourth-order valence-corrected chi connectivity index (χ4v) is 2.84. The number of amides is 1. The van der Waals surface area contributed by atoms with E-state index < -0.39 is 0 Å². The van der Waals surface area contributed by atoms with E-state index in [1.807, 2.05) is 37.1 Å². The average Bonchev–Trinajstić information content (AvgIpc) is 2.46. The number of carbonyl (C=O) groups excluding carboxylic acids is 1. The molecule has 20 heavy (non-hydrogen) atoms. The minimum atomic E-state index is -0.126. The Hall–Kier alpha value is -1.67. The van der Waals surface area contributed by atoms with Gasteiger partial charge in [0.15, 0.2) is 0 Å². The van der Waals surface area contributed by atoms with Crippen LogP contribution in [0.5, 0.6) is 0 Å². The smallest absolute Gasteiger partial charge is 0.224 e. The number of nitrogens with one attached hydrogen (secondary N) is 1. The number of nitrogens with zero attached hydrogens (tertiary/aromatic N) is 2. The van der Waals surface area contributed by atoms with Gasteiger partial charge in [-0.25, -0.2) is 0 Å². The highest BCUT2D eigenvalue weighted by molar-refractivity contribution is 7.99. The van der Waals surface area contributed by atoms with Crippen molar-refractivity contribution in [2.75, 3.05) is 31.3 Å². The highest BCUT2D eigenvalue weighted by Crippen LogP contribution is 2.30. The molecule has 1 N–H and O–H groups in total. The molecule has 0 saturated carbocycles. The van der Waals surface area contributed by atoms with Crippen molar-refractivity contribution >= 4 is 23.4 Å². The van der Waals surface area contributed by atoms with Gasteiger partial charge in [0.25, 0.3) is 0 Å². The summed E-state index contributed by atoms with van der Waals surface area (Å²) in [4.78, 5) is 14.6. The molecule has 0 saturated heterocycles. The Morgan fingerprint density at radius 3 is 2.80 bits per heavy atom. The van der Waals surface area contributed by atoms with Gasteiger partial charge < -0.3 is 10.2 Å². The van der Waals surface area contributed by atoms with E-state index in [-0.39, 0.29) is 11.8 Å². The van der Waals surface area contributed by atoms with Crippen molar-refractivity contribution in [1.29, 1.82) is 5.26 Å². The molecule has 0 aliphatic rings. The minimum absolute atomic E-state index is 0.00875. The van der Waals surface area contributed by atoms with Crippen molar-refractivity contribution in [2.24, 2.45) is 5.92 Å². The maximum atomic E-state index is 11.6. The van der Waals surface area contributed by atoms with Gasteiger partial charge in [-0.05, 0) is 17.9 Å². The molecule has 0 radical (unpaired) electrons. The van der Waals surface area contributed by atoms with Crippen LogP contribution in [0.4, 0.5) is 5.69 Å². The van der Waals surface area contributed by atoms with Crippen LogP contribution >= 0.6 is 11.8 Å². The first kappa shape index (κ1) is 16.4. The molecule has 1 amide bonds. The quantitative estimate of drug-likeness (QED) is 0.818. The van der Waals surface area contributed by atoms with Crippen LogP contribution in [0, 0.1) is 17.2 Å². The lowest BCUT2D eigenvalue weighted by molar-refractivity contribution is -0.123. The van der Waals surface area contributed by atoms with Crippen LogP contribution in [0.2, 0.25) is 0 Å². The Morgan fingerprint density at radius 1 is 1.55 bits per heavy atom. The standard InChI is InChI=1S/C15H21N3OS/c1-5-20-14-8-6-7-13(12(14)9-16)18(4)10-11(2)15(19)17-3/h6-8,11H,5,10H2,1-4H3,(H,17,19). The van der Waals surface area contributed by atoms with Crippen LogP contribution in [0.1, 0.15) is 19.4 Å². The van der Waals surface area contributed by atoms with Gasteiger partial charge in [0, 0.05) is 25.5 Å². The molecular weight excluding hydrogens is 270 g/mol. The lowest BCUT2D eigenvalue weighted by Gasteiger charge is -2.24. The average molecular weight is 291 g/mol. The van der Waals surface area contributed by atoms with Crippen molar-refractivity contribution in [3.8, 4) is 6.07 Å². The predicted octanol–water partition coefficient (Wildman–Crippen LogP) is 2.49. The van der Waals surface area contributed by atoms with E-state index in [9.17, 15) is 10.1 Å². The molecule has 0 aliphatic carbocycles. The minimum Gasteiger partial charge on any atom is -0.373 e. The first-order valence-corrected chi connectivity index (χ1v) is 7.62. The summed E-state index contributed by atoms with van der Waals surface area (Å²) in [6, 6.07) is 8.13. The maximum absolute atomic E-state index is 11.6. The third kappa shape index (κ3) is 3.91. The number of anilines is 1. The molecule has 4 nitrogen and oxygen atoms in total. The van der Waals surface area contributed by atoms with Crippen LogP contribution in [0.25, 0.3) is 0 Å². The number of thioether (sulfide) groups is 1. The number of rotatable bonds is 6. The fraction of sp³-hybridized carbons (Fsp3) is 0.467. The number of benzene rings is 1. The zero-order valence-corrected chi connectivity index (χ0v) is 13.3. The molecule has 108 valence electrons. The van der Waals surface area contributed by atoms with Crippen LogP contribution in [-0.4, -0.2) is 32.3 Å². The topological polar surface area (TPSA) is 56.1 Å². The van der Waals surface area contributed by atoms with Crippen LogP contribution in [0.15, 0.2) is 23.1 Å². The van der Waals surface area contributed by atoms with Crippen molar-refractivity contribution in [1.82, 2.24) is 5.32 Å². The molecule has 1 atom stereocenters. The number of hydrogen-bond acceptors (Lipinski definition) is 4. The molecule has 0 heterocycles. The zero-order chi connectivity index (χ0) is 15.1. The van der Waals surface area contributed by atoms with Gasteiger partial charge in [-0.15, -0.1) is 11.8 Å². The van der Waals surface area contributed by atoms with Crippen LogP contribution in [0.3, 0.4) is 0 Å². The Morgan fingerprint density at radius 2 is 2.25 bits per heavy atom. The van der Waals surface area contributed by atoms with Crippen molar-refractivity contribution in [3.05, 3.63) is 23.8 Å². The maximum Gasteiger partial charge on any atom is 0.224 e. The summed E-state index contributed by atoms with van der Waals surface area (Å²) in [5, 5.41) is 12.0. The summed E-state index contributed by atoms with van der Waals surface area (Å²) < 4.78 is 0. The van der Waals surface area contributed by atoms with Gasteiger partial charge in [0.1, 0.15) is 6.07 Å². The molecule has 1 aromatic carbocycles. The van der Waals surface area contributed by atoms with Crippen molar-refractivity contribution in [2.45, 2.75) is 18.7 Å². The van der Waals surface area contributed by atoms with Gasteiger partial charge >= 0.3 is 0 Å². The second-order valence-electron chi connectivity index (χ2n) is 4.59. The molecular formula is C15H21N3OS. The number of nitriles is 1. The Labute approximate surface area is 125 Å². The molecule has 0 fully saturated rings. The fourth-order valence-electron chi connectivity index (χ4n) is 2.06. The number of hydrogen-bond donors (Lipinski definition) is 1. The third-order valence-corrected chi connectivity index (χ3v) is 4.01. The van der Waals surface area contributed by atoms with Crippen LogP contribution < -0.4 is 10.2 Å². The molecule has 0 aliphatic heterocycles. The molecule has 1 unspecified atom stereocenters. The van der Waals surface area contributed by atoms with Gasteiger partial charge in [0.05, 0.1) is 17.2 Å². The second kappa shape index (κ2) is 7.81. The normalized spacial score (nSPS) is 11.6. The summed E-state index contributed by atoms with van der Waals surface area (Å²) in [6.07, 6.45) is 0. The van der Waals surface area contributed by atoms with E-state index in [4.69, 9.17) is 0 Å². The zero-order valence-electron chi connectivity index (χ0n) is 12.4. The molecule has 0 aromatic heterocycles. The molecule has 0 spiro atoms. The first-order chi connectivity index (χ1) is 9.54. The van der Waals surface area contributed by atoms with Gasteiger partial charge in [0.2, 0.25) is 5.91 Å². The summed E-state index contributed by atoms with van der Waals surface area (Å²) >= 11 is 1.66. The van der Waals surface area contributed by atoms with E-state index in [0.717, 1.165) is 16.3 Å². The molecule has 1 aromatic rings. The van der Waals surface area contributed by atoms with Crippen LogP contribution in [-0.2, 0) is 4.79 Å². The Balaban J connectivity index is 2.98. The van der Waals surface area contributed by atoms with Crippen molar-refractivity contribution in [3.63, 3.8) is 0 Å². The molecule has 1 rings (SSSR count). The summed E-state index contributed by atoms with van der Waals surface area (Å²) in [5.74, 6) is 0.810. The monoisotopic (exact) mass is 291 g/mol. The largest absolute Gasteiger partial charge is 0.373 e. The van der Waals surface area contributed by atoms with E-state index in [1.54, 1.807) is 18.8 Å². The van der Waals surface area contributed by atoms with Gasteiger partial charge in [-0.2, -0.15) is 5.26 Å². The lowest BCUT2D eigenvalue weighted by atomic mass is 10.1.